The maximum atomic E-state index is 11.9. The maximum absolute atomic E-state index is 11.9. The second-order valence-electron chi connectivity index (χ2n) is 4.86. The number of methoxy groups -OCH3 is 1. The number of carbonyl (C=O) groups excluding carboxylic acids is 1. The molecule has 0 amide bonds. The van der Waals surface area contributed by atoms with Gasteiger partial charge in [-0.2, -0.15) is 0 Å². The van der Waals surface area contributed by atoms with Crippen molar-refractivity contribution >= 4 is 61.5 Å². The van der Waals surface area contributed by atoms with Crippen LogP contribution in [0.4, 0.5) is 5.69 Å². The zero-order valence-electron chi connectivity index (χ0n) is 11.9. The van der Waals surface area contributed by atoms with Gasteiger partial charge in [-0.3, -0.25) is 0 Å². The fraction of sp³-hybridized carbons (Fsp3) is 0.267. The molecule has 0 fully saturated rings. The Balaban J connectivity index is 2.73. The predicted octanol–water partition coefficient (Wildman–Crippen LogP) is 5.27. The minimum Gasteiger partial charge on any atom is -0.465 e. The minimum atomic E-state index is -0.382. The van der Waals surface area contributed by atoms with Crippen LogP contribution in [0.3, 0.4) is 0 Å². The lowest BCUT2D eigenvalue weighted by Crippen LogP contribution is -2.03. The van der Waals surface area contributed by atoms with Crippen molar-refractivity contribution in [1.29, 1.82) is 0 Å². The van der Waals surface area contributed by atoms with Crippen molar-refractivity contribution in [2.45, 2.75) is 19.8 Å². The normalized spacial score (nSPS) is 11.0. The summed E-state index contributed by atoms with van der Waals surface area (Å²) in [5.41, 5.74) is 8.79. The number of anilines is 1. The lowest BCUT2D eigenvalue weighted by molar-refractivity contribution is 0.0607. The average molecular weight is 480 g/mol. The van der Waals surface area contributed by atoms with Crippen molar-refractivity contribution in [3.63, 3.8) is 0 Å². The van der Waals surface area contributed by atoms with E-state index in [0.717, 1.165) is 24.0 Å². The Morgan fingerprint density at radius 2 is 2.10 bits per heavy atom. The van der Waals surface area contributed by atoms with Gasteiger partial charge in [0.2, 0.25) is 0 Å². The molecule has 2 aromatic rings. The van der Waals surface area contributed by atoms with Gasteiger partial charge in [-0.25, -0.2) is 4.79 Å². The highest BCUT2D eigenvalue weighted by atomic mass is 127. The Labute approximate surface area is 150 Å². The monoisotopic (exact) mass is 479 g/mol. The van der Waals surface area contributed by atoms with Crippen molar-refractivity contribution < 1.29 is 9.53 Å². The molecule has 112 valence electrons. The molecular weight excluding hydrogens is 465 g/mol. The topological polar surface area (TPSA) is 52.3 Å². The number of benzene rings is 1. The highest BCUT2D eigenvalue weighted by molar-refractivity contribution is 14.1. The number of carbonyl (C=O) groups is 1. The van der Waals surface area contributed by atoms with Crippen LogP contribution in [-0.4, -0.2) is 13.1 Å². The molecule has 1 heterocycles. The van der Waals surface area contributed by atoms with Gasteiger partial charge in [0.1, 0.15) is 4.88 Å². The molecule has 0 aliphatic rings. The molecule has 0 spiro atoms. The van der Waals surface area contributed by atoms with E-state index in [9.17, 15) is 4.79 Å². The second-order valence-corrected chi connectivity index (χ2v) is 7.98. The Bertz CT molecular complexity index is 697. The van der Waals surface area contributed by atoms with Crippen LogP contribution in [0.1, 0.15) is 35.0 Å². The molecule has 1 aromatic carbocycles. The molecule has 6 heteroatoms. The fourth-order valence-corrected chi connectivity index (χ4v) is 4.54. The van der Waals surface area contributed by atoms with Crippen LogP contribution >= 0.6 is 49.9 Å². The Morgan fingerprint density at radius 3 is 2.67 bits per heavy atom. The lowest BCUT2D eigenvalue weighted by atomic mass is 9.98. The number of nitrogens with two attached hydrogens (primary N) is 1. The molecule has 0 atom stereocenters. The lowest BCUT2D eigenvalue weighted by Gasteiger charge is -2.10. The molecule has 2 N–H and O–H groups in total. The van der Waals surface area contributed by atoms with E-state index in [1.165, 1.54) is 18.4 Å². The van der Waals surface area contributed by atoms with Crippen LogP contribution in [0, 0.1) is 3.57 Å². The van der Waals surface area contributed by atoms with Crippen LogP contribution in [0.15, 0.2) is 22.7 Å². The van der Waals surface area contributed by atoms with Gasteiger partial charge in [0.25, 0.3) is 0 Å². The van der Waals surface area contributed by atoms with Crippen molar-refractivity contribution in [3.8, 4) is 10.4 Å². The third-order valence-corrected chi connectivity index (χ3v) is 5.70. The highest BCUT2D eigenvalue weighted by Gasteiger charge is 2.25. The smallest absolute Gasteiger partial charge is 0.350 e. The van der Waals surface area contributed by atoms with Crippen molar-refractivity contribution in [2.24, 2.45) is 0 Å². The van der Waals surface area contributed by atoms with E-state index in [4.69, 9.17) is 10.5 Å². The summed E-state index contributed by atoms with van der Waals surface area (Å²) in [5, 5.41) is 0. The number of hydrogen-bond donors (Lipinski definition) is 1. The highest BCUT2D eigenvalue weighted by Crippen LogP contribution is 2.45. The number of nitrogen functional groups attached to an aromatic ring is 1. The molecule has 3 nitrogen and oxygen atoms in total. The number of ether oxygens (including phenoxy) is 1. The molecule has 21 heavy (non-hydrogen) atoms. The van der Waals surface area contributed by atoms with Gasteiger partial charge in [0, 0.05) is 18.5 Å². The van der Waals surface area contributed by atoms with Gasteiger partial charge in [-0.05, 0) is 52.3 Å². The molecule has 0 unspecified atom stereocenters. The molecule has 0 saturated heterocycles. The molecule has 0 aliphatic carbocycles. The fourth-order valence-electron chi connectivity index (χ4n) is 2.15. The summed E-state index contributed by atoms with van der Waals surface area (Å²) in [6.07, 6.45) is 0. The van der Waals surface area contributed by atoms with Crippen LogP contribution in [0.25, 0.3) is 10.4 Å². The predicted molar refractivity (Wildman–Crippen MR) is 100 cm³/mol. The number of thiophene rings is 1. The molecule has 2 rings (SSSR count). The van der Waals surface area contributed by atoms with Crippen LogP contribution in [-0.2, 0) is 4.74 Å². The summed E-state index contributed by atoms with van der Waals surface area (Å²) >= 11 is 7.25. The summed E-state index contributed by atoms with van der Waals surface area (Å²) in [5.74, 6) is -0.160. The van der Waals surface area contributed by atoms with Crippen LogP contribution in [0.5, 0.6) is 0 Å². The largest absolute Gasteiger partial charge is 0.465 e. The van der Waals surface area contributed by atoms with Crippen molar-refractivity contribution in [1.82, 2.24) is 0 Å². The SMILES string of the molecule is COC(=O)c1sc(-c2cc(I)ccc2Br)c(C(C)C)c1N. The van der Waals surface area contributed by atoms with Gasteiger partial charge in [0.05, 0.1) is 12.8 Å². The first-order chi connectivity index (χ1) is 9.86. The number of esters is 1. The van der Waals surface area contributed by atoms with Gasteiger partial charge < -0.3 is 10.5 Å². The molecule has 0 radical (unpaired) electrons. The zero-order chi connectivity index (χ0) is 15.7. The standard InChI is InChI=1S/C15H15BrINO2S/c1-7(2)11-12(18)14(15(19)20-3)21-13(11)9-6-8(17)4-5-10(9)16/h4-7H,18H2,1-3H3. The Morgan fingerprint density at radius 1 is 1.43 bits per heavy atom. The Kier molecular flexibility index (Phi) is 5.32. The second kappa shape index (κ2) is 6.66. The van der Waals surface area contributed by atoms with E-state index in [0.29, 0.717) is 10.6 Å². The first-order valence-corrected chi connectivity index (χ1v) is 9.01. The summed E-state index contributed by atoms with van der Waals surface area (Å²) in [7, 11) is 1.37. The summed E-state index contributed by atoms with van der Waals surface area (Å²) < 4.78 is 6.95. The molecule has 1 aromatic heterocycles. The van der Waals surface area contributed by atoms with E-state index in [1.54, 1.807) is 0 Å². The summed E-state index contributed by atoms with van der Waals surface area (Å²) in [6, 6.07) is 6.12. The van der Waals surface area contributed by atoms with E-state index in [1.807, 2.05) is 12.1 Å². The third-order valence-electron chi connectivity index (χ3n) is 3.10. The quantitative estimate of drug-likeness (QED) is 0.481. The van der Waals surface area contributed by atoms with E-state index in [-0.39, 0.29) is 11.9 Å². The summed E-state index contributed by atoms with van der Waals surface area (Å²) in [4.78, 5) is 13.4. The molecular formula is C15H15BrINO2S. The van der Waals surface area contributed by atoms with E-state index in [2.05, 4.69) is 58.4 Å². The van der Waals surface area contributed by atoms with Gasteiger partial charge in [-0.15, -0.1) is 11.3 Å². The van der Waals surface area contributed by atoms with Crippen LogP contribution in [0.2, 0.25) is 0 Å². The van der Waals surface area contributed by atoms with Crippen molar-refractivity contribution in [2.75, 3.05) is 12.8 Å². The molecule has 0 saturated carbocycles. The minimum absolute atomic E-state index is 0.222. The third kappa shape index (κ3) is 3.27. The number of halogens is 2. The van der Waals surface area contributed by atoms with Gasteiger partial charge in [0.15, 0.2) is 0 Å². The first kappa shape index (κ1) is 16.8. The Hall–Kier alpha value is -0.600. The average Bonchev–Trinajstić information content (AvgIpc) is 2.78. The number of rotatable bonds is 3. The molecule has 0 aliphatic heterocycles. The number of hydrogen-bond acceptors (Lipinski definition) is 4. The maximum Gasteiger partial charge on any atom is 0.350 e. The summed E-state index contributed by atoms with van der Waals surface area (Å²) in [6.45, 7) is 4.15. The zero-order valence-corrected chi connectivity index (χ0v) is 16.4. The van der Waals surface area contributed by atoms with E-state index >= 15 is 0 Å². The first-order valence-electron chi connectivity index (χ1n) is 6.32. The van der Waals surface area contributed by atoms with Gasteiger partial charge >= 0.3 is 5.97 Å². The van der Waals surface area contributed by atoms with Gasteiger partial charge in [-0.1, -0.05) is 29.8 Å². The van der Waals surface area contributed by atoms with Crippen LogP contribution < -0.4 is 5.73 Å². The molecule has 0 bridgehead atoms. The van der Waals surface area contributed by atoms with E-state index < -0.39 is 0 Å². The van der Waals surface area contributed by atoms with Crippen molar-refractivity contribution in [3.05, 3.63) is 36.7 Å².